The second-order valence-electron chi connectivity index (χ2n) is 5.46. The van der Waals surface area contributed by atoms with Gasteiger partial charge in [-0.05, 0) is 70.7 Å². The molecule has 0 saturated heterocycles. The molecule has 0 aliphatic rings. The first kappa shape index (κ1) is 18.8. The standard InChI is InChI=1S/C18H19BrN2O4/c1-11-4-12(2)6-14(5-11)25-10-17(22)21-20-9-13-7-15(19)18(23)16(8-13)24-3/h4-9,23H,10H2,1-3H3,(H,21,22)/b20-9+. The molecule has 0 aromatic heterocycles. The van der Waals surface area contributed by atoms with Crippen molar-refractivity contribution in [3.05, 3.63) is 51.5 Å². The number of ether oxygens (including phenoxy) is 2. The van der Waals surface area contributed by atoms with Gasteiger partial charge >= 0.3 is 0 Å². The Balaban J connectivity index is 1.91. The first-order chi connectivity index (χ1) is 11.9. The fourth-order valence-corrected chi connectivity index (χ4v) is 2.66. The van der Waals surface area contributed by atoms with Crippen LogP contribution in [0.2, 0.25) is 0 Å². The molecule has 132 valence electrons. The molecule has 0 radical (unpaired) electrons. The zero-order chi connectivity index (χ0) is 18.4. The van der Waals surface area contributed by atoms with Gasteiger partial charge in [0.15, 0.2) is 18.1 Å². The van der Waals surface area contributed by atoms with Gasteiger partial charge in [0.2, 0.25) is 0 Å². The van der Waals surface area contributed by atoms with Crippen molar-refractivity contribution >= 4 is 28.1 Å². The Bertz CT molecular complexity index is 786. The summed E-state index contributed by atoms with van der Waals surface area (Å²) in [5.74, 6) is 0.579. The molecule has 0 heterocycles. The molecule has 7 heteroatoms. The normalized spacial score (nSPS) is 10.7. The minimum Gasteiger partial charge on any atom is -0.503 e. The van der Waals surface area contributed by atoms with E-state index in [4.69, 9.17) is 9.47 Å². The van der Waals surface area contributed by atoms with Gasteiger partial charge in [-0.15, -0.1) is 0 Å². The van der Waals surface area contributed by atoms with Gasteiger partial charge in [0.1, 0.15) is 5.75 Å². The van der Waals surface area contributed by atoms with Crippen LogP contribution in [-0.2, 0) is 4.79 Å². The van der Waals surface area contributed by atoms with E-state index in [1.165, 1.54) is 13.3 Å². The number of phenolic OH excluding ortho intramolecular Hbond substituents is 1. The Labute approximate surface area is 154 Å². The summed E-state index contributed by atoms with van der Waals surface area (Å²) in [4.78, 5) is 11.8. The molecule has 0 atom stereocenters. The van der Waals surface area contributed by atoms with Gasteiger partial charge in [-0.1, -0.05) is 6.07 Å². The molecule has 0 aliphatic heterocycles. The van der Waals surface area contributed by atoms with Crippen LogP contribution in [0.3, 0.4) is 0 Å². The van der Waals surface area contributed by atoms with Crippen molar-refractivity contribution in [2.75, 3.05) is 13.7 Å². The SMILES string of the molecule is COc1cc(/C=N/NC(=O)COc2cc(C)cc(C)c2)cc(Br)c1O. The first-order valence-corrected chi connectivity index (χ1v) is 8.28. The number of hydrogen-bond donors (Lipinski definition) is 2. The lowest BCUT2D eigenvalue weighted by molar-refractivity contribution is -0.123. The van der Waals surface area contributed by atoms with E-state index in [1.54, 1.807) is 12.1 Å². The number of halogens is 1. The number of nitrogens with zero attached hydrogens (tertiary/aromatic N) is 1. The van der Waals surface area contributed by atoms with Gasteiger partial charge in [-0.25, -0.2) is 5.43 Å². The van der Waals surface area contributed by atoms with Crippen molar-refractivity contribution in [1.29, 1.82) is 0 Å². The number of aryl methyl sites for hydroxylation is 2. The van der Waals surface area contributed by atoms with E-state index in [1.807, 2.05) is 32.0 Å². The number of carbonyl (C=O) groups is 1. The maximum Gasteiger partial charge on any atom is 0.277 e. The number of carbonyl (C=O) groups excluding carboxylic acids is 1. The van der Waals surface area contributed by atoms with Gasteiger partial charge < -0.3 is 14.6 Å². The van der Waals surface area contributed by atoms with Gasteiger partial charge in [0.05, 0.1) is 17.8 Å². The van der Waals surface area contributed by atoms with Crippen LogP contribution in [0.1, 0.15) is 16.7 Å². The number of methoxy groups -OCH3 is 1. The van der Waals surface area contributed by atoms with Gasteiger partial charge in [-0.2, -0.15) is 5.10 Å². The predicted molar refractivity (Wildman–Crippen MR) is 99.5 cm³/mol. The van der Waals surface area contributed by atoms with Crippen LogP contribution in [0.5, 0.6) is 17.2 Å². The molecular formula is C18H19BrN2O4. The van der Waals surface area contributed by atoms with Crippen molar-refractivity contribution in [3.8, 4) is 17.2 Å². The van der Waals surface area contributed by atoms with Crippen LogP contribution in [0.4, 0.5) is 0 Å². The van der Waals surface area contributed by atoms with E-state index in [2.05, 4.69) is 26.5 Å². The van der Waals surface area contributed by atoms with Crippen LogP contribution in [0.15, 0.2) is 39.9 Å². The maximum absolute atomic E-state index is 11.8. The minimum absolute atomic E-state index is 0.00512. The number of nitrogens with one attached hydrogen (secondary N) is 1. The lowest BCUT2D eigenvalue weighted by Gasteiger charge is -2.07. The minimum atomic E-state index is -0.375. The van der Waals surface area contributed by atoms with Gasteiger partial charge in [0.25, 0.3) is 5.91 Å². The molecule has 2 rings (SSSR count). The molecule has 0 fully saturated rings. The first-order valence-electron chi connectivity index (χ1n) is 7.48. The summed E-state index contributed by atoms with van der Waals surface area (Å²) >= 11 is 3.22. The van der Waals surface area contributed by atoms with Crippen molar-refractivity contribution in [2.24, 2.45) is 5.10 Å². The summed E-state index contributed by atoms with van der Waals surface area (Å²) in [5, 5.41) is 13.6. The molecule has 1 amide bonds. The highest BCUT2D eigenvalue weighted by Crippen LogP contribution is 2.34. The van der Waals surface area contributed by atoms with Crippen molar-refractivity contribution in [3.63, 3.8) is 0 Å². The van der Waals surface area contributed by atoms with Crippen molar-refractivity contribution < 1.29 is 19.4 Å². The van der Waals surface area contributed by atoms with E-state index in [0.29, 0.717) is 21.5 Å². The fraction of sp³-hybridized carbons (Fsp3) is 0.222. The molecule has 2 N–H and O–H groups in total. The Morgan fingerprint density at radius 2 is 1.92 bits per heavy atom. The predicted octanol–water partition coefficient (Wildman–Crippen LogP) is 3.31. The van der Waals surface area contributed by atoms with Crippen LogP contribution in [-0.4, -0.2) is 30.9 Å². The topological polar surface area (TPSA) is 80.2 Å². The monoisotopic (exact) mass is 406 g/mol. The Morgan fingerprint density at radius 1 is 1.24 bits per heavy atom. The van der Waals surface area contributed by atoms with Crippen LogP contribution in [0, 0.1) is 13.8 Å². The molecule has 2 aromatic rings. The van der Waals surface area contributed by atoms with Crippen LogP contribution < -0.4 is 14.9 Å². The molecular weight excluding hydrogens is 388 g/mol. The zero-order valence-electron chi connectivity index (χ0n) is 14.2. The van der Waals surface area contributed by atoms with Crippen LogP contribution in [0.25, 0.3) is 0 Å². The average molecular weight is 407 g/mol. The largest absolute Gasteiger partial charge is 0.503 e. The number of amides is 1. The average Bonchev–Trinajstić information content (AvgIpc) is 2.55. The molecule has 25 heavy (non-hydrogen) atoms. The quantitative estimate of drug-likeness (QED) is 0.569. The third-order valence-electron chi connectivity index (χ3n) is 3.24. The van der Waals surface area contributed by atoms with Gasteiger partial charge in [0, 0.05) is 0 Å². The lowest BCUT2D eigenvalue weighted by Crippen LogP contribution is -2.24. The third kappa shape index (κ3) is 5.49. The summed E-state index contributed by atoms with van der Waals surface area (Å²) in [5.41, 5.74) is 5.18. The number of rotatable bonds is 6. The summed E-state index contributed by atoms with van der Waals surface area (Å²) in [7, 11) is 1.45. The molecule has 0 aliphatic carbocycles. The highest BCUT2D eigenvalue weighted by molar-refractivity contribution is 9.10. The zero-order valence-corrected chi connectivity index (χ0v) is 15.8. The van der Waals surface area contributed by atoms with E-state index < -0.39 is 0 Å². The number of hydrazone groups is 1. The summed E-state index contributed by atoms with van der Waals surface area (Å²) < 4.78 is 11.0. The van der Waals surface area contributed by atoms with Gasteiger partial charge in [-0.3, -0.25) is 4.79 Å². The highest BCUT2D eigenvalue weighted by Gasteiger charge is 2.07. The highest BCUT2D eigenvalue weighted by atomic mass is 79.9. The third-order valence-corrected chi connectivity index (χ3v) is 3.84. The Kier molecular flexibility index (Phi) is 6.41. The number of aromatic hydroxyl groups is 1. The number of phenols is 1. The summed E-state index contributed by atoms with van der Waals surface area (Å²) in [6, 6.07) is 9.01. The van der Waals surface area contributed by atoms with E-state index in [9.17, 15) is 9.90 Å². The smallest absolute Gasteiger partial charge is 0.277 e. The molecule has 0 saturated carbocycles. The second-order valence-corrected chi connectivity index (χ2v) is 6.31. The molecule has 6 nitrogen and oxygen atoms in total. The molecule has 0 unspecified atom stereocenters. The number of benzene rings is 2. The second kappa shape index (κ2) is 8.53. The van der Waals surface area contributed by atoms with Crippen molar-refractivity contribution in [2.45, 2.75) is 13.8 Å². The molecule has 0 bridgehead atoms. The molecule has 2 aromatic carbocycles. The van der Waals surface area contributed by atoms with Crippen LogP contribution >= 0.6 is 15.9 Å². The summed E-state index contributed by atoms with van der Waals surface area (Å²) in [6.07, 6.45) is 1.45. The Hall–Kier alpha value is -2.54. The lowest BCUT2D eigenvalue weighted by atomic mass is 10.1. The summed E-state index contributed by atoms with van der Waals surface area (Å²) in [6.45, 7) is 3.80. The van der Waals surface area contributed by atoms with E-state index >= 15 is 0 Å². The van der Waals surface area contributed by atoms with E-state index in [0.717, 1.165) is 11.1 Å². The fourth-order valence-electron chi connectivity index (χ4n) is 2.20. The molecule has 0 spiro atoms. The maximum atomic E-state index is 11.8. The number of hydrogen-bond acceptors (Lipinski definition) is 5. The Morgan fingerprint density at radius 3 is 2.56 bits per heavy atom. The van der Waals surface area contributed by atoms with E-state index in [-0.39, 0.29) is 18.3 Å². The van der Waals surface area contributed by atoms with Crippen molar-refractivity contribution in [1.82, 2.24) is 5.43 Å².